The zero-order valence-corrected chi connectivity index (χ0v) is 18.0. The van der Waals surface area contributed by atoms with Crippen LogP contribution in [0.5, 0.6) is 5.75 Å². The summed E-state index contributed by atoms with van der Waals surface area (Å²) in [5, 5.41) is 0. The average molecular weight is 421 g/mol. The first-order valence-electron chi connectivity index (χ1n) is 11.0. The molecule has 0 amide bonds. The van der Waals surface area contributed by atoms with Crippen molar-refractivity contribution >= 4 is 10.0 Å². The Bertz CT molecular complexity index is 860. The number of fused-ring (bicyclic) bond motifs is 4. The maximum Gasteiger partial charge on any atom is 0.209 e. The number of ether oxygens (including phenoxy) is 2. The quantitative estimate of drug-likeness (QED) is 0.795. The summed E-state index contributed by atoms with van der Waals surface area (Å²) in [6.45, 7) is 2.94. The van der Waals surface area contributed by atoms with Crippen molar-refractivity contribution in [3.05, 3.63) is 29.8 Å². The van der Waals surface area contributed by atoms with Crippen LogP contribution in [0.25, 0.3) is 0 Å². The minimum absolute atomic E-state index is 0.0592. The smallest absolute Gasteiger partial charge is 0.209 e. The fourth-order valence-corrected chi connectivity index (χ4v) is 6.84. The molecule has 2 aliphatic carbocycles. The highest BCUT2D eigenvalue weighted by atomic mass is 32.2. The normalized spacial score (nSPS) is 37.7. The van der Waals surface area contributed by atoms with Crippen LogP contribution in [0.1, 0.15) is 44.1 Å². The van der Waals surface area contributed by atoms with E-state index in [9.17, 15) is 8.42 Å². The highest BCUT2D eigenvalue weighted by molar-refractivity contribution is 7.88. The molecule has 5 atom stereocenters. The molecular weight excluding hydrogens is 388 g/mol. The van der Waals surface area contributed by atoms with E-state index >= 15 is 0 Å². The second-order valence-corrected chi connectivity index (χ2v) is 11.2. The molecule has 1 unspecified atom stereocenters. The zero-order valence-electron chi connectivity index (χ0n) is 17.2. The van der Waals surface area contributed by atoms with Gasteiger partial charge in [0.05, 0.1) is 19.0 Å². The van der Waals surface area contributed by atoms with Gasteiger partial charge in [-0.15, -0.1) is 0 Å². The molecule has 1 aromatic rings. The molecule has 3 aliphatic heterocycles. The number of hydrogen-bond donors (Lipinski definition) is 1. The van der Waals surface area contributed by atoms with Gasteiger partial charge in [-0.3, -0.25) is 4.90 Å². The van der Waals surface area contributed by atoms with Gasteiger partial charge in [0, 0.05) is 29.6 Å². The van der Waals surface area contributed by atoms with Crippen molar-refractivity contribution in [1.29, 1.82) is 0 Å². The van der Waals surface area contributed by atoms with Gasteiger partial charge in [-0.1, -0.05) is 18.2 Å². The Kier molecular flexibility index (Phi) is 5.13. The Hall–Kier alpha value is -1.15. The van der Waals surface area contributed by atoms with Crippen LogP contribution in [0.15, 0.2) is 24.3 Å². The third-order valence-electron chi connectivity index (χ3n) is 7.51. The second-order valence-electron chi connectivity index (χ2n) is 9.37. The van der Waals surface area contributed by atoms with Gasteiger partial charge in [-0.2, -0.15) is 0 Å². The predicted molar refractivity (Wildman–Crippen MR) is 112 cm³/mol. The molecular formula is C22H32N2O4S. The zero-order chi connectivity index (χ0) is 20.1. The van der Waals surface area contributed by atoms with Crippen LogP contribution in [0.2, 0.25) is 0 Å². The maximum atomic E-state index is 11.9. The lowest BCUT2D eigenvalue weighted by molar-refractivity contribution is -0.0295. The molecule has 29 heavy (non-hydrogen) atoms. The third kappa shape index (κ3) is 3.94. The summed E-state index contributed by atoms with van der Waals surface area (Å²) in [6, 6.07) is 8.53. The van der Waals surface area contributed by atoms with Crippen LogP contribution in [-0.2, 0) is 20.2 Å². The van der Waals surface area contributed by atoms with Crippen molar-refractivity contribution in [3.63, 3.8) is 0 Å². The summed E-state index contributed by atoms with van der Waals surface area (Å²) in [5.41, 5.74) is 1.67. The first-order valence-corrected chi connectivity index (χ1v) is 12.9. The number of nitrogens with zero attached hydrogens (tertiary/aromatic N) is 1. The second kappa shape index (κ2) is 7.52. The Morgan fingerprint density at radius 1 is 1.21 bits per heavy atom. The molecule has 6 rings (SSSR count). The van der Waals surface area contributed by atoms with Gasteiger partial charge in [0.1, 0.15) is 12.4 Å². The minimum Gasteiger partial charge on any atom is -0.492 e. The standard InChI is InChI=1S/C22H32N2O4S/c1-29(25,26)23-19-6-4-10-24-11-12-27-21-7-3-2-5-18(21)22-9-8-17(13-16(22)14-22)28-15-20(19)24/h2-3,5,7,16-17,19-20,23H,4,6,8-15H2,1H3/t16?,17-,19-,20-,22-/m0/s1. The van der Waals surface area contributed by atoms with Gasteiger partial charge in [-0.05, 0) is 57.1 Å². The summed E-state index contributed by atoms with van der Waals surface area (Å²) < 4.78 is 39.4. The molecule has 1 N–H and O–H groups in total. The highest BCUT2D eigenvalue weighted by Crippen LogP contribution is 2.64. The fourth-order valence-electron chi connectivity index (χ4n) is 6.02. The van der Waals surface area contributed by atoms with E-state index < -0.39 is 10.0 Å². The first kappa shape index (κ1) is 19.8. The van der Waals surface area contributed by atoms with E-state index in [4.69, 9.17) is 9.47 Å². The molecule has 6 nitrogen and oxygen atoms in total. The fraction of sp³-hybridized carbons (Fsp3) is 0.727. The highest BCUT2D eigenvalue weighted by Gasteiger charge is 2.59. The molecule has 1 aromatic carbocycles. The van der Waals surface area contributed by atoms with Crippen LogP contribution in [-0.4, -0.2) is 64.1 Å². The molecule has 1 spiro atoms. The lowest BCUT2D eigenvalue weighted by atomic mass is 9.81. The summed E-state index contributed by atoms with van der Waals surface area (Å²) in [5.74, 6) is 1.71. The number of piperidine rings is 1. The Balaban J connectivity index is 1.41. The topological polar surface area (TPSA) is 67.9 Å². The molecule has 0 radical (unpaired) electrons. The van der Waals surface area contributed by atoms with Gasteiger partial charge < -0.3 is 9.47 Å². The SMILES string of the molecule is CS(=O)(=O)N[C@H]1CCCN2CCOc3ccccc3[C@]34CC[C@@H](CC3C4)OC[C@@H]12. The van der Waals surface area contributed by atoms with E-state index in [1.807, 2.05) is 0 Å². The monoisotopic (exact) mass is 420 g/mol. The van der Waals surface area contributed by atoms with E-state index in [-0.39, 0.29) is 23.6 Å². The lowest BCUT2D eigenvalue weighted by Crippen LogP contribution is -2.58. The van der Waals surface area contributed by atoms with Crippen molar-refractivity contribution in [2.24, 2.45) is 5.92 Å². The largest absolute Gasteiger partial charge is 0.492 e. The molecule has 2 saturated carbocycles. The minimum atomic E-state index is -3.25. The summed E-state index contributed by atoms with van der Waals surface area (Å²) in [7, 11) is -3.25. The maximum absolute atomic E-state index is 11.9. The molecule has 2 bridgehead atoms. The number of sulfonamides is 1. The number of rotatable bonds is 2. The van der Waals surface area contributed by atoms with Crippen LogP contribution in [0, 0.1) is 5.92 Å². The van der Waals surface area contributed by atoms with E-state index in [0.717, 1.165) is 50.9 Å². The molecule has 7 heteroatoms. The van der Waals surface area contributed by atoms with Gasteiger partial charge >= 0.3 is 0 Å². The Morgan fingerprint density at radius 2 is 2.07 bits per heavy atom. The number of nitrogens with one attached hydrogen (secondary N) is 1. The van der Waals surface area contributed by atoms with Gasteiger partial charge in [0.25, 0.3) is 0 Å². The van der Waals surface area contributed by atoms with E-state index in [2.05, 4.69) is 33.9 Å². The Labute approximate surface area is 174 Å². The van der Waals surface area contributed by atoms with Crippen LogP contribution < -0.4 is 9.46 Å². The summed E-state index contributed by atoms with van der Waals surface area (Å²) in [4.78, 5) is 2.36. The molecule has 3 heterocycles. The van der Waals surface area contributed by atoms with E-state index in [1.54, 1.807) is 0 Å². The first-order chi connectivity index (χ1) is 13.9. The van der Waals surface area contributed by atoms with Crippen molar-refractivity contribution in [2.45, 2.75) is 62.1 Å². The van der Waals surface area contributed by atoms with Crippen LogP contribution in [0.4, 0.5) is 0 Å². The van der Waals surface area contributed by atoms with E-state index in [1.165, 1.54) is 18.2 Å². The third-order valence-corrected chi connectivity index (χ3v) is 8.24. The lowest BCUT2D eigenvalue weighted by Gasteiger charge is -2.41. The number of hydrogen-bond acceptors (Lipinski definition) is 5. The molecule has 0 aromatic heterocycles. The molecule has 3 fully saturated rings. The van der Waals surface area contributed by atoms with Crippen molar-refractivity contribution in [1.82, 2.24) is 9.62 Å². The van der Waals surface area contributed by atoms with Crippen molar-refractivity contribution in [2.75, 3.05) is 32.6 Å². The van der Waals surface area contributed by atoms with Crippen molar-refractivity contribution < 1.29 is 17.9 Å². The molecule has 160 valence electrons. The molecule has 5 aliphatic rings. The van der Waals surface area contributed by atoms with Gasteiger partial charge in [0.15, 0.2) is 0 Å². The summed E-state index contributed by atoms with van der Waals surface area (Å²) >= 11 is 0. The number of benzene rings is 1. The van der Waals surface area contributed by atoms with Crippen molar-refractivity contribution in [3.8, 4) is 5.75 Å². The van der Waals surface area contributed by atoms with Crippen LogP contribution in [0.3, 0.4) is 0 Å². The Morgan fingerprint density at radius 3 is 2.90 bits per heavy atom. The van der Waals surface area contributed by atoms with Crippen LogP contribution >= 0.6 is 0 Å². The number of para-hydroxylation sites is 1. The summed E-state index contributed by atoms with van der Waals surface area (Å²) in [6.07, 6.45) is 7.94. The van der Waals surface area contributed by atoms with Gasteiger partial charge in [-0.25, -0.2) is 13.1 Å². The van der Waals surface area contributed by atoms with E-state index in [0.29, 0.717) is 19.1 Å². The van der Waals surface area contributed by atoms with Gasteiger partial charge in [0.2, 0.25) is 10.0 Å². The average Bonchev–Trinajstić information content (AvgIpc) is 3.40. The molecule has 1 saturated heterocycles. The predicted octanol–water partition coefficient (Wildman–Crippen LogP) is 2.29.